The highest BCUT2D eigenvalue weighted by Gasteiger charge is 2.34. The van der Waals surface area contributed by atoms with E-state index in [2.05, 4.69) is 40.4 Å². The molecule has 0 saturated carbocycles. The maximum Gasteiger partial charge on any atom is 0.146 e. The number of nitrogen functional groups attached to an aromatic ring is 1. The summed E-state index contributed by atoms with van der Waals surface area (Å²) >= 11 is 7.65. The number of thioether (sulfide) groups is 1. The topological polar surface area (TPSA) is 92.9 Å². The lowest BCUT2D eigenvalue weighted by molar-refractivity contribution is 0.109. The SMILES string of the molecule is C=N/C(=C\N=C(C)Sc1ccnc(N)c1Cl)N1CCC(CN)(CC(C)C)CC1. The predicted molar refractivity (Wildman–Crippen MR) is 122 cm³/mol. The molecule has 8 heteroatoms. The van der Waals surface area contributed by atoms with Crippen LogP contribution >= 0.6 is 23.4 Å². The van der Waals surface area contributed by atoms with Crippen LogP contribution in [0.15, 0.2) is 39.2 Å². The molecule has 1 aromatic heterocycles. The molecule has 154 valence electrons. The maximum atomic E-state index is 6.20. The summed E-state index contributed by atoms with van der Waals surface area (Å²) in [7, 11) is 0. The van der Waals surface area contributed by atoms with Gasteiger partial charge < -0.3 is 16.4 Å². The minimum atomic E-state index is 0.240. The van der Waals surface area contributed by atoms with Gasteiger partial charge in [-0.05, 0) is 56.8 Å². The first-order valence-electron chi connectivity index (χ1n) is 9.54. The van der Waals surface area contributed by atoms with Gasteiger partial charge in [-0.1, -0.05) is 37.2 Å². The third-order valence-corrected chi connectivity index (χ3v) is 6.55. The van der Waals surface area contributed by atoms with Gasteiger partial charge in [0.15, 0.2) is 0 Å². The van der Waals surface area contributed by atoms with E-state index in [1.165, 1.54) is 18.2 Å². The van der Waals surface area contributed by atoms with Crippen molar-refractivity contribution in [3.63, 3.8) is 0 Å². The Morgan fingerprint density at radius 1 is 1.46 bits per heavy atom. The highest BCUT2D eigenvalue weighted by molar-refractivity contribution is 8.14. The van der Waals surface area contributed by atoms with Gasteiger partial charge in [-0.3, -0.25) is 4.99 Å². The lowest BCUT2D eigenvalue weighted by Crippen LogP contribution is -2.44. The zero-order valence-electron chi connectivity index (χ0n) is 17.0. The average molecular weight is 423 g/mol. The minimum absolute atomic E-state index is 0.240. The van der Waals surface area contributed by atoms with Crippen LogP contribution in [0.4, 0.5) is 5.82 Å². The van der Waals surface area contributed by atoms with Crippen molar-refractivity contribution in [1.29, 1.82) is 0 Å². The van der Waals surface area contributed by atoms with Crippen molar-refractivity contribution >= 4 is 40.9 Å². The van der Waals surface area contributed by atoms with Crippen molar-refractivity contribution in [2.24, 2.45) is 27.1 Å². The number of hydrogen-bond acceptors (Lipinski definition) is 7. The summed E-state index contributed by atoms with van der Waals surface area (Å²) in [6.07, 6.45) is 6.71. The molecule has 1 fully saturated rings. The minimum Gasteiger partial charge on any atom is -0.382 e. The number of pyridine rings is 1. The molecule has 0 atom stereocenters. The number of halogens is 1. The lowest BCUT2D eigenvalue weighted by atomic mass is 9.73. The molecule has 1 aliphatic rings. The molecule has 0 radical (unpaired) electrons. The van der Waals surface area contributed by atoms with E-state index in [0.717, 1.165) is 48.2 Å². The number of piperidine rings is 1. The van der Waals surface area contributed by atoms with E-state index >= 15 is 0 Å². The fourth-order valence-corrected chi connectivity index (χ4v) is 4.62. The first kappa shape index (κ1) is 22.7. The van der Waals surface area contributed by atoms with Crippen molar-refractivity contribution in [2.75, 3.05) is 25.4 Å². The monoisotopic (exact) mass is 422 g/mol. The highest BCUT2D eigenvalue weighted by Crippen LogP contribution is 2.37. The smallest absolute Gasteiger partial charge is 0.146 e. The van der Waals surface area contributed by atoms with E-state index in [1.54, 1.807) is 12.4 Å². The average Bonchev–Trinajstić information content (AvgIpc) is 2.66. The number of nitrogens with zero attached hydrogens (tertiary/aromatic N) is 4. The van der Waals surface area contributed by atoms with Crippen LogP contribution in [0.25, 0.3) is 0 Å². The lowest BCUT2D eigenvalue weighted by Gasteiger charge is -2.43. The molecule has 0 aliphatic carbocycles. The van der Waals surface area contributed by atoms with Gasteiger partial charge in [0.05, 0.1) is 16.3 Å². The largest absolute Gasteiger partial charge is 0.382 e. The third-order valence-electron chi connectivity index (χ3n) is 5.08. The Bertz CT molecular complexity index is 738. The second-order valence-corrected chi connectivity index (χ2v) is 9.31. The third kappa shape index (κ3) is 5.96. The van der Waals surface area contributed by atoms with E-state index in [1.807, 2.05) is 13.0 Å². The van der Waals surface area contributed by atoms with Gasteiger partial charge in [0.25, 0.3) is 0 Å². The quantitative estimate of drug-likeness (QED) is 0.385. The van der Waals surface area contributed by atoms with E-state index < -0.39 is 0 Å². The summed E-state index contributed by atoms with van der Waals surface area (Å²) < 4.78 is 0. The van der Waals surface area contributed by atoms with Crippen LogP contribution < -0.4 is 11.5 Å². The Morgan fingerprint density at radius 3 is 2.71 bits per heavy atom. The van der Waals surface area contributed by atoms with Crippen molar-refractivity contribution in [1.82, 2.24) is 9.88 Å². The zero-order chi connectivity index (χ0) is 20.7. The highest BCUT2D eigenvalue weighted by atomic mass is 35.5. The molecule has 4 N–H and O–H groups in total. The fraction of sp³-hybridized carbons (Fsp3) is 0.550. The first-order valence-corrected chi connectivity index (χ1v) is 10.7. The molecule has 0 spiro atoms. The van der Waals surface area contributed by atoms with Gasteiger partial charge in [-0.15, -0.1) is 0 Å². The Labute approximate surface area is 177 Å². The van der Waals surface area contributed by atoms with Crippen LogP contribution in [0.2, 0.25) is 5.02 Å². The molecule has 1 aromatic rings. The van der Waals surface area contributed by atoms with E-state index in [9.17, 15) is 0 Å². The van der Waals surface area contributed by atoms with Crippen LogP contribution in [-0.4, -0.2) is 41.3 Å². The normalized spacial score (nSPS) is 17.9. The van der Waals surface area contributed by atoms with Gasteiger partial charge in [0.2, 0.25) is 0 Å². The maximum absolute atomic E-state index is 6.20. The van der Waals surface area contributed by atoms with Crippen LogP contribution in [0, 0.1) is 11.3 Å². The van der Waals surface area contributed by atoms with Crippen molar-refractivity contribution in [3.8, 4) is 0 Å². The summed E-state index contributed by atoms with van der Waals surface area (Å²) in [5.41, 5.74) is 12.1. The number of anilines is 1. The van der Waals surface area contributed by atoms with E-state index in [-0.39, 0.29) is 5.41 Å². The summed E-state index contributed by atoms with van der Waals surface area (Å²) in [5.74, 6) is 1.76. The number of likely N-dealkylation sites (tertiary alicyclic amines) is 1. The molecule has 0 unspecified atom stereocenters. The molecular weight excluding hydrogens is 392 g/mol. The Hall–Kier alpha value is -1.57. The van der Waals surface area contributed by atoms with Crippen molar-refractivity contribution < 1.29 is 0 Å². The standard InChI is InChI=1S/C20H31ClN6S/c1-14(2)11-20(13-22)6-9-27(10-7-20)17(24-4)12-26-15(3)28-16-5-8-25-19(23)18(16)21/h5,8,12,14H,4,6-7,9-11,13,22H2,1-3H3,(H2,23,25)/b17-12+,26-15?. The predicted octanol–water partition coefficient (Wildman–Crippen LogP) is 4.41. The molecule has 2 rings (SSSR count). The molecule has 28 heavy (non-hydrogen) atoms. The van der Waals surface area contributed by atoms with Gasteiger partial charge >= 0.3 is 0 Å². The summed E-state index contributed by atoms with van der Waals surface area (Å²) in [6, 6.07) is 1.82. The van der Waals surface area contributed by atoms with Gasteiger partial charge in [-0.25, -0.2) is 9.98 Å². The number of aliphatic imine (C=N–C) groups is 2. The Morgan fingerprint density at radius 2 is 2.14 bits per heavy atom. The van der Waals surface area contributed by atoms with E-state index in [0.29, 0.717) is 16.8 Å². The van der Waals surface area contributed by atoms with Crippen molar-refractivity contribution in [3.05, 3.63) is 29.3 Å². The second kappa shape index (κ2) is 10.3. The van der Waals surface area contributed by atoms with Gasteiger partial charge in [0.1, 0.15) is 11.6 Å². The molecule has 1 saturated heterocycles. The summed E-state index contributed by atoms with van der Waals surface area (Å²) in [6.45, 7) is 12.7. The number of rotatable bonds is 7. The van der Waals surface area contributed by atoms with Crippen LogP contribution in [-0.2, 0) is 0 Å². The molecular formula is C20H31ClN6S. The van der Waals surface area contributed by atoms with Gasteiger partial charge in [-0.2, -0.15) is 0 Å². The van der Waals surface area contributed by atoms with Crippen LogP contribution in [0.5, 0.6) is 0 Å². The molecule has 6 nitrogen and oxygen atoms in total. The van der Waals surface area contributed by atoms with E-state index in [4.69, 9.17) is 23.1 Å². The molecule has 1 aliphatic heterocycles. The summed E-state index contributed by atoms with van der Waals surface area (Å²) in [5, 5.41) is 1.29. The van der Waals surface area contributed by atoms with Crippen molar-refractivity contribution in [2.45, 2.75) is 44.9 Å². The first-order chi connectivity index (χ1) is 13.3. The molecule has 0 aromatic carbocycles. The van der Waals surface area contributed by atoms with Gasteiger partial charge in [0, 0.05) is 24.2 Å². The molecule has 2 heterocycles. The molecule has 0 bridgehead atoms. The second-order valence-electron chi connectivity index (χ2n) is 7.69. The Balaban J connectivity index is 2.04. The number of hydrogen-bond donors (Lipinski definition) is 2. The Kier molecular flexibility index (Phi) is 8.34. The fourth-order valence-electron chi connectivity index (χ4n) is 3.64. The number of nitrogens with two attached hydrogens (primary N) is 2. The van der Waals surface area contributed by atoms with Crippen LogP contribution in [0.3, 0.4) is 0 Å². The zero-order valence-corrected chi connectivity index (χ0v) is 18.6. The molecule has 0 amide bonds. The number of aromatic nitrogens is 1. The summed E-state index contributed by atoms with van der Waals surface area (Å²) in [4.78, 5) is 15.8. The van der Waals surface area contributed by atoms with Crippen LogP contribution in [0.1, 0.15) is 40.0 Å².